The molecule has 4 rings (SSSR count). The first kappa shape index (κ1) is 28.4. The summed E-state index contributed by atoms with van der Waals surface area (Å²) in [6.07, 6.45) is 0. The Bertz CT molecular complexity index is 1580. The second-order valence-electron chi connectivity index (χ2n) is 9.48. The third kappa shape index (κ3) is 6.50. The van der Waals surface area contributed by atoms with Crippen LogP contribution in [-0.2, 0) is 10.0 Å². The summed E-state index contributed by atoms with van der Waals surface area (Å²) in [5, 5.41) is 0. The molecule has 0 radical (unpaired) electrons. The molecule has 0 saturated carbocycles. The zero-order valence-corrected chi connectivity index (χ0v) is 23.9. The van der Waals surface area contributed by atoms with Gasteiger partial charge in [-0.25, -0.2) is 13.4 Å². The fourth-order valence-electron chi connectivity index (χ4n) is 4.03. The quantitative estimate of drug-likeness (QED) is 0.281. The zero-order chi connectivity index (χ0) is 28.9. The van der Waals surface area contributed by atoms with Crippen LogP contribution in [0.25, 0.3) is 0 Å². The van der Waals surface area contributed by atoms with Crippen molar-refractivity contribution in [3.05, 3.63) is 114 Å². The lowest BCUT2D eigenvalue weighted by atomic mass is 10.0. The molecule has 4 aromatic carbocycles. The second-order valence-corrected chi connectivity index (χ2v) is 11.2. The molecular formula is C31H32N4O4S. The summed E-state index contributed by atoms with van der Waals surface area (Å²) < 4.78 is 34.1. The van der Waals surface area contributed by atoms with E-state index in [-0.39, 0.29) is 10.5 Å². The number of sulfonamides is 1. The molecule has 0 atom stereocenters. The highest BCUT2D eigenvalue weighted by Crippen LogP contribution is 2.27. The van der Waals surface area contributed by atoms with Crippen LogP contribution < -0.4 is 19.3 Å². The summed E-state index contributed by atoms with van der Waals surface area (Å²) in [4.78, 5) is 21.9. The zero-order valence-electron chi connectivity index (χ0n) is 23.1. The van der Waals surface area contributed by atoms with E-state index >= 15 is 0 Å². The number of rotatable bonds is 9. The van der Waals surface area contributed by atoms with Gasteiger partial charge in [0.15, 0.2) is 0 Å². The van der Waals surface area contributed by atoms with E-state index in [4.69, 9.17) is 4.74 Å². The molecule has 206 valence electrons. The number of hydrogen-bond donors (Lipinski definition) is 1. The second kappa shape index (κ2) is 12.0. The number of benzene rings is 4. The van der Waals surface area contributed by atoms with Gasteiger partial charge in [-0.15, -0.1) is 0 Å². The van der Waals surface area contributed by atoms with Crippen LogP contribution in [0.5, 0.6) is 5.75 Å². The van der Waals surface area contributed by atoms with E-state index in [9.17, 15) is 13.2 Å². The number of carbonyl (C=O) groups is 1. The lowest BCUT2D eigenvalue weighted by Crippen LogP contribution is -2.14. The van der Waals surface area contributed by atoms with E-state index < -0.39 is 15.9 Å². The molecule has 40 heavy (non-hydrogen) atoms. The molecule has 0 aliphatic rings. The molecule has 0 heterocycles. The molecule has 0 unspecified atom stereocenters. The summed E-state index contributed by atoms with van der Waals surface area (Å²) in [5.41, 5.74) is 4.48. The van der Waals surface area contributed by atoms with Gasteiger partial charge in [-0.05, 0) is 54.6 Å². The van der Waals surface area contributed by atoms with Gasteiger partial charge in [0.2, 0.25) is 0 Å². The number of nitrogens with one attached hydrogen (secondary N) is 1. The highest BCUT2D eigenvalue weighted by molar-refractivity contribution is 7.92. The number of carbonyl (C=O) groups excluding carboxylic acids is 1. The Hall–Kier alpha value is -4.63. The van der Waals surface area contributed by atoms with Crippen LogP contribution >= 0.6 is 0 Å². The summed E-state index contributed by atoms with van der Waals surface area (Å²) in [6.45, 7) is 0. The van der Waals surface area contributed by atoms with E-state index in [1.807, 2.05) is 86.5 Å². The van der Waals surface area contributed by atoms with E-state index in [2.05, 4.69) is 9.71 Å². The SMILES string of the molecule is COc1ccccc1NS(=O)(=O)c1cccc(C(=O)N=C(c2ccc(N(C)C)cc2)c2ccc(N(C)C)cc2)c1. The Morgan fingerprint density at radius 1 is 0.725 bits per heavy atom. The van der Waals surface area contributed by atoms with Crippen molar-refractivity contribution in [1.82, 2.24) is 0 Å². The fourth-order valence-corrected chi connectivity index (χ4v) is 5.14. The van der Waals surface area contributed by atoms with Crippen molar-refractivity contribution in [3.8, 4) is 5.75 Å². The first-order valence-corrected chi connectivity index (χ1v) is 14.0. The first-order chi connectivity index (χ1) is 19.1. The average molecular weight is 557 g/mol. The molecule has 8 nitrogen and oxygen atoms in total. The van der Waals surface area contributed by atoms with Crippen LogP contribution in [0.3, 0.4) is 0 Å². The van der Waals surface area contributed by atoms with E-state index in [0.717, 1.165) is 22.5 Å². The van der Waals surface area contributed by atoms with Gasteiger partial charge in [0.05, 0.1) is 23.4 Å². The lowest BCUT2D eigenvalue weighted by molar-refractivity contribution is 0.100. The van der Waals surface area contributed by atoms with Crippen molar-refractivity contribution in [1.29, 1.82) is 0 Å². The van der Waals surface area contributed by atoms with Crippen LogP contribution in [0.15, 0.2) is 107 Å². The molecule has 1 N–H and O–H groups in total. The van der Waals surface area contributed by atoms with Gasteiger partial charge in [0.25, 0.3) is 15.9 Å². The molecule has 0 saturated heterocycles. The minimum Gasteiger partial charge on any atom is -0.495 e. The number of aliphatic imine (C=N–C) groups is 1. The molecule has 0 aliphatic carbocycles. The van der Waals surface area contributed by atoms with Crippen LogP contribution in [-0.4, -0.2) is 55.3 Å². The van der Waals surface area contributed by atoms with Gasteiger partial charge in [0, 0.05) is 56.3 Å². The van der Waals surface area contributed by atoms with E-state index in [1.54, 1.807) is 30.3 Å². The topological polar surface area (TPSA) is 91.3 Å². The van der Waals surface area contributed by atoms with Gasteiger partial charge in [-0.1, -0.05) is 42.5 Å². The molecule has 9 heteroatoms. The number of anilines is 3. The first-order valence-electron chi connectivity index (χ1n) is 12.5. The normalized spacial score (nSPS) is 10.9. The van der Waals surface area contributed by atoms with E-state index in [1.165, 1.54) is 25.3 Å². The molecule has 0 aromatic heterocycles. The molecule has 0 aliphatic heterocycles. The monoisotopic (exact) mass is 556 g/mol. The standard InChI is InChI=1S/C31H32N4O4S/c1-34(2)25-17-13-22(14-18-25)30(23-15-19-26(20-16-23)35(3)4)32-31(36)24-9-8-10-27(21-24)40(37,38)33-28-11-6-7-12-29(28)39-5/h6-21,33H,1-5H3. The van der Waals surface area contributed by atoms with Gasteiger partial charge in [-0.2, -0.15) is 0 Å². The molecule has 0 bridgehead atoms. The number of ether oxygens (including phenoxy) is 1. The number of methoxy groups -OCH3 is 1. The van der Waals surface area contributed by atoms with Gasteiger partial charge in [0.1, 0.15) is 5.75 Å². The Morgan fingerprint density at radius 2 is 1.27 bits per heavy atom. The highest BCUT2D eigenvalue weighted by atomic mass is 32.2. The maximum atomic E-state index is 13.5. The van der Waals surface area contributed by atoms with Crippen LogP contribution in [0.4, 0.5) is 17.1 Å². The van der Waals surface area contributed by atoms with Gasteiger partial charge >= 0.3 is 0 Å². The Kier molecular flexibility index (Phi) is 8.55. The minimum absolute atomic E-state index is 0.0633. The van der Waals surface area contributed by atoms with Crippen molar-refractivity contribution in [2.24, 2.45) is 4.99 Å². The summed E-state index contributed by atoms with van der Waals surface area (Å²) in [7, 11) is 5.28. The van der Waals surface area contributed by atoms with Gasteiger partial charge in [-0.3, -0.25) is 9.52 Å². The Labute approximate surface area is 235 Å². The van der Waals surface area contributed by atoms with Crippen molar-refractivity contribution in [2.75, 3.05) is 49.8 Å². The lowest BCUT2D eigenvalue weighted by Gasteiger charge is -2.15. The number of nitrogens with zero attached hydrogens (tertiary/aromatic N) is 3. The summed E-state index contributed by atoms with van der Waals surface area (Å²) in [6, 6.07) is 28.0. The van der Waals surface area contributed by atoms with Crippen LogP contribution in [0, 0.1) is 0 Å². The molecule has 0 spiro atoms. The third-order valence-corrected chi connectivity index (χ3v) is 7.63. The number of amides is 1. The number of hydrogen-bond acceptors (Lipinski definition) is 6. The molecule has 4 aromatic rings. The Balaban J connectivity index is 1.71. The van der Waals surface area contributed by atoms with Crippen molar-refractivity contribution in [3.63, 3.8) is 0 Å². The van der Waals surface area contributed by atoms with Crippen molar-refractivity contribution >= 4 is 38.7 Å². The molecule has 1 amide bonds. The van der Waals surface area contributed by atoms with Crippen molar-refractivity contribution in [2.45, 2.75) is 4.90 Å². The number of para-hydroxylation sites is 2. The highest BCUT2D eigenvalue weighted by Gasteiger charge is 2.19. The minimum atomic E-state index is -4.00. The maximum absolute atomic E-state index is 13.5. The molecular weight excluding hydrogens is 524 g/mol. The fraction of sp³-hybridized carbons (Fsp3) is 0.161. The smallest absolute Gasteiger partial charge is 0.277 e. The summed E-state index contributed by atoms with van der Waals surface area (Å²) in [5.74, 6) is -0.175. The van der Waals surface area contributed by atoms with Crippen molar-refractivity contribution < 1.29 is 17.9 Å². The van der Waals surface area contributed by atoms with E-state index in [0.29, 0.717) is 17.1 Å². The summed E-state index contributed by atoms with van der Waals surface area (Å²) >= 11 is 0. The predicted molar refractivity (Wildman–Crippen MR) is 162 cm³/mol. The Morgan fingerprint density at radius 3 is 1.80 bits per heavy atom. The van der Waals surface area contributed by atoms with Gasteiger partial charge < -0.3 is 14.5 Å². The average Bonchev–Trinajstić information content (AvgIpc) is 2.96. The maximum Gasteiger partial charge on any atom is 0.277 e. The third-order valence-electron chi connectivity index (χ3n) is 6.27. The van der Waals surface area contributed by atoms with Crippen LogP contribution in [0.2, 0.25) is 0 Å². The largest absolute Gasteiger partial charge is 0.495 e. The van der Waals surface area contributed by atoms with Crippen LogP contribution in [0.1, 0.15) is 21.5 Å². The predicted octanol–water partition coefficient (Wildman–Crippen LogP) is 5.31. The molecule has 0 fully saturated rings.